The third-order valence-corrected chi connectivity index (χ3v) is 5.13. The molecule has 4 atom stereocenters. The molecule has 32 heavy (non-hydrogen) atoms. The van der Waals surface area contributed by atoms with Gasteiger partial charge in [0, 0.05) is 19.8 Å². The summed E-state index contributed by atoms with van der Waals surface area (Å²) in [5, 5.41) is 34.2. The number of nitrogens with one attached hydrogen (secondary N) is 2. The predicted molar refractivity (Wildman–Crippen MR) is 118 cm³/mol. The quantitative estimate of drug-likeness (QED) is 0.200. The number of imidazole rings is 1. The molecule has 1 aromatic carbocycles. The third kappa shape index (κ3) is 3.89. The Morgan fingerprint density at radius 2 is 2.00 bits per heavy atom. The second-order valence-corrected chi connectivity index (χ2v) is 7.51. The highest BCUT2D eigenvalue weighted by molar-refractivity contribution is 5.81. The number of hydrazone groups is 1. The third-order valence-electron chi connectivity index (χ3n) is 5.13. The van der Waals surface area contributed by atoms with Crippen molar-refractivity contribution in [2.75, 3.05) is 36.8 Å². The zero-order valence-electron chi connectivity index (χ0n) is 17.4. The molecule has 0 aliphatic carbocycles. The number of aliphatic hydroxyl groups is 3. The van der Waals surface area contributed by atoms with Crippen molar-refractivity contribution in [2.45, 2.75) is 24.5 Å². The van der Waals surface area contributed by atoms with Gasteiger partial charge < -0.3 is 30.7 Å². The number of aliphatic hydroxyl groups excluding tert-OH is 3. The molecule has 1 aliphatic rings. The van der Waals surface area contributed by atoms with Gasteiger partial charge in [-0.3, -0.25) is 14.3 Å². The fourth-order valence-corrected chi connectivity index (χ4v) is 3.44. The number of aromatic nitrogens is 4. The van der Waals surface area contributed by atoms with E-state index in [-0.39, 0.29) is 23.1 Å². The second kappa shape index (κ2) is 8.55. The van der Waals surface area contributed by atoms with Crippen molar-refractivity contribution in [1.29, 1.82) is 0 Å². The van der Waals surface area contributed by atoms with Crippen molar-refractivity contribution in [2.24, 2.45) is 5.10 Å². The van der Waals surface area contributed by atoms with Gasteiger partial charge in [-0.2, -0.15) is 10.1 Å². The molecule has 1 aliphatic heterocycles. The number of hydrogen-bond donors (Lipinski definition) is 6. The lowest BCUT2D eigenvalue weighted by Gasteiger charge is -2.18. The van der Waals surface area contributed by atoms with Crippen LogP contribution in [0, 0.1) is 0 Å². The Bertz CT molecular complexity index is 1190. The second-order valence-electron chi connectivity index (χ2n) is 7.51. The van der Waals surface area contributed by atoms with Crippen LogP contribution in [0.4, 0.5) is 17.6 Å². The maximum atomic E-state index is 12.3. The highest BCUT2D eigenvalue weighted by atomic mass is 16.6. The normalized spacial score (nSPS) is 23.3. The SMILES string of the molecule is CN(C)c1ccc(/C=N\Nc2nc3c(=O)[nH]c(N)nc3n2[C@H]2O[C@H](CO)[C@@H](O)[C@@H]2O)cc1. The molecule has 0 saturated carbocycles. The molecular formula is C19H24N8O5. The smallest absolute Gasteiger partial charge is 0.280 e. The van der Waals surface area contributed by atoms with E-state index in [0.717, 1.165) is 11.3 Å². The Hall–Kier alpha value is -3.52. The molecule has 3 aromatic rings. The van der Waals surface area contributed by atoms with Crippen LogP contribution in [0.2, 0.25) is 0 Å². The number of nitrogens with zero attached hydrogens (tertiary/aromatic N) is 5. The molecule has 2 aromatic heterocycles. The number of nitrogen functional groups attached to an aromatic ring is 1. The zero-order chi connectivity index (χ0) is 23.0. The van der Waals surface area contributed by atoms with Crippen molar-refractivity contribution in [3.05, 3.63) is 40.2 Å². The average molecular weight is 444 g/mol. The number of hydrogen-bond acceptors (Lipinski definition) is 11. The van der Waals surface area contributed by atoms with Gasteiger partial charge in [0.2, 0.25) is 11.9 Å². The summed E-state index contributed by atoms with van der Waals surface area (Å²) in [6, 6.07) is 7.62. The monoisotopic (exact) mass is 444 g/mol. The van der Waals surface area contributed by atoms with E-state index in [1.807, 2.05) is 43.3 Å². The standard InChI is InChI=1S/C19H24N8O5/c1-26(2)10-5-3-9(4-6-10)7-21-25-19-22-12-15(23-18(20)24-16(12)31)27(19)17-14(30)13(29)11(8-28)32-17/h3-7,11,13-14,17,28-30H,8H2,1-2H3,(H,22,25)(H3,20,23,24,31)/b21-7-/t11-,13-,14+,17+/m1/s1. The summed E-state index contributed by atoms with van der Waals surface area (Å²) < 4.78 is 6.87. The molecule has 0 radical (unpaired) electrons. The number of nitrogens with two attached hydrogens (primary N) is 1. The van der Waals surface area contributed by atoms with E-state index in [1.165, 1.54) is 4.57 Å². The zero-order valence-corrected chi connectivity index (χ0v) is 17.4. The van der Waals surface area contributed by atoms with Crippen LogP contribution in [0.5, 0.6) is 0 Å². The van der Waals surface area contributed by atoms with Gasteiger partial charge in [-0.05, 0) is 17.7 Å². The lowest BCUT2D eigenvalue weighted by atomic mass is 10.1. The van der Waals surface area contributed by atoms with Crippen LogP contribution in [-0.2, 0) is 4.74 Å². The molecule has 0 spiro atoms. The van der Waals surface area contributed by atoms with Gasteiger partial charge in [0.25, 0.3) is 5.56 Å². The van der Waals surface area contributed by atoms with Gasteiger partial charge in [-0.25, -0.2) is 10.4 Å². The summed E-state index contributed by atoms with van der Waals surface area (Å²) >= 11 is 0. The van der Waals surface area contributed by atoms with Crippen LogP contribution in [0.3, 0.4) is 0 Å². The van der Waals surface area contributed by atoms with Crippen molar-refractivity contribution >= 4 is 35.0 Å². The molecule has 0 amide bonds. The van der Waals surface area contributed by atoms with Crippen LogP contribution < -0.4 is 21.6 Å². The van der Waals surface area contributed by atoms with Crippen LogP contribution in [-0.4, -0.2) is 80.1 Å². The number of rotatable bonds is 6. The lowest BCUT2D eigenvalue weighted by molar-refractivity contribution is -0.0501. The number of fused-ring (bicyclic) bond motifs is 1. The van der Waals surface area contributed by atoms with E-state index in [1.54, 1.807) is 6.21 Å². The molecule has 3 heterocycles. The number of anilines is 3. The summed E-state index contributed by atoms with van der Waals surface area (Å²) in [5.41, 5.74) is 9.60. The van der Waals surface area contributed by atoms with Gasteiger partial charge in [-0.15, -0.1) is 0 Å². The summed E-state index contributed by atoms with van der Waals surface area (Å²) in [6.07, 6.45) is -3.45. The molecule has 13 heteroatoms. The number of benzene rings is 1. The summed E-state index contributed by atoms with van der Waals surface area (Å²) in [4.78, 5) is 24.9. The summed E-state index contributed by atoms with van der Waals surface area (Å²) in [7, 11) is 3.88. The molecule has 1 saturated heterocycles. The predicted octanol–water partition coefficient (Wildman–Crippen LogP) is -1.17. The molecule has 1 fully saturated rings. The minimum atomic E-state index is -1.42. The largest absolute Gasteiger partial charge is 0.394 e. The van der Waals surface area contributed by atoms with E-state index in [4.69, 9.17) is 10.5 Å². The van der Waals surface area contributed by atoms with E-state index in [9.17, 15) is 20.1 Å². The Morgan fingerprint density at radius 3 is 2.62 bits per heavy atom. The Kier molecular flexibility index (Phi) is 5.80. The fraction of sp³-hybridized carbons (Fsp3) is 0.368. The number of H-pyrrole nitrogens is 1. The van der Waals surface area contributed by atoms with Gasteiger partial charge in [0.15, 0.2) is 17.4 Å². The van der Waals surface area contributed by atoms with Gasteiger partial charge in [-0.1, -0.05) is 12.1 Å². The minimum Gasteiger partial charge on any atom is -0.394 e. The van der Waals surface area contributed by atoms with Crippen molar-refractivity contribution < 1.29 is 20.1 Å². The molecule has 7 N–H and O–H groups in total. The van der Waals surface area contributed by atoms with E-state index in [0.29, 0.717) is 0 Å². The first-order chi connectivity index (χ1) is 15.3. The maximum Gasteiger partial charge on any atom is 0.280 e. The molecule has 13 nitrogen and oxygen atoms in total. The maximum absolute atomic E-state index is 12.3. The fourth-order valence-electron chi connectivity index (χ4n) is 3.44. The first-order valence-electron chi connectivity index (χ1n) is 9.76. The highest BCUT2D eigenvalue weighted by Crippen LogP contribution is 2.33. The van der Waals surface area contributed by atoms with Crippen LogP contribution in [0.1, 0.15) is 11.8 Å². The highest BCUT2D eigenvalue weighted by Gasteiger charge is 2.45. The van der Waals surface area contributed by atoms with Gasteiger partial charge in [0.1, 0.15) is 18.3 Å². The molecule has 170 valence electrons. The number of aromatic amines is 1. The first-order valence-corrected chi connectivity index (χ1v) is 9.76. The first kappa shape index (κ1) is 21.7. The minimum absolute atomic E-state index is 0.0223. The molecule has 0 unspecified atom stereocenters. The number of ether oxygens (including phenoxy) is 1. The Labute approximate surface area is 181 Å². The average Bonchev–Trinajstić information content (AvgIpc) is 3.25. The molecule has 4 rings (SSSR count). The van der Waals surface area contributed by atoms with E-state index >= 15 is 0 Å². The van der Waals surface area contributed by atoms with Crippen molar-refractivity contribution in [3.8, 4) is 0 Å². The topological polar surface area (TPSA) is 187 Å². The van der Waals surface area contributed by atoms with Crippen LogP contribution >= 0.6 is 0 Å². The van der Waals surface area contributed by atoms with Crippen LogP contribution in [0.25, 0.3) is 11.2 Å². The van der Waals surface area contributed by atoms with E-state index in [2.05, 4.69) is 25.5 Å². The van der Waals surface area contributed by atoms with Crippen LogP contribution in [0.15, 0.2) is 34.2 Å². The lowest BCUT2D eigenvalue weighted by Crippen LogP contribution is -2.33. The van der Waals surface area contributed by atoms with Crippen molar-refractivity contribution in [1.82, 2.24) is 19.5 Å². The van der Waals surface area contributed by atoms with Gasteiger partial charge >= 0.3 is 0 Å². The van der Waals surface area contributed by atoms with Crippen molar-refractivity contribution in [3.63, 3.8) is 0 Å². The molecule has 0 bridgehead atoms. The Balaban J connectivity index is 1.70. The summed E-state index contributed by atoms with van der Waals surface area (Å²) in [5.74, 6) is -0.133. The molecular weight excluding hydrogens is 420 g/mol. The Morgan fingerprint density at radius 1 is 1.28 bits per heavy atom. The summed E-state index contributed by atoms with van der Waals surface area (Å²) in [6.45, 7) is -0.513. The van der Waals surface area contributed by atoms with Gasteiger partial charge in [0.05, 0.1) is 12.8 Å². The van der Waals surface area contributed by atoms with E-state index < -0.39 is 36.7 Å².